The number of allylic oxidation sites excluding steroid dienone is 1. The number of aliphatic imine (C=N–C) groups is 1. The van der Waals surface area contributed by atoms with Gasteiger partial charge in [0.15, 0.2) is 0 Å². The Hall–Kier alpha value is -1.21. The van der Waals surface area contributed by atoms with E-state index in [4.69, 9.17) is 4.99 Å². The fourth-order valence-corrected chi connectivity index (χ4v) is 2.95. The van der Waals surface area contributed by atoms with Crippen LogP contribution < -0.4 is 61.5 Å². The quantitative estimate of drug-likeness (QED) is 0.340. The van der Waals surface area contributed by atoms with Gasteiger partial charge in [-0.1, -0.05) is 50.3 Å². The zero-order valence-corrected chi connectivity index (χ0v) is 18.8. The molecule has 3 rings (SSSR count). The van der Waals surface area contributed by atoms with Crippen molar-refractivity contribution in [2.45, 2.75) is 19.3 Å². The molecule has 128 valence electrons. The monoisotopic (exact) mass is 372 g/mol. The molecule has 0 spiro atoms. The smallest absolute Gasteiger partial charge is 0.664 e. The normalized spacial score (nSPS) is 14.8. The molecule has 0 fully saturated rings. The molecule has 0 bridgehead atoms. The first-order valence-corrected chi connectivity index (χ1v) is 8.17. The van der Waals surface area contributed by atoms with Gasteiger partial charge in [-0.05, 0) is 35.4 Å². The van der Waals surface area contributed by atoms with E-state index in [1.807, 2.05) is 42.3 Å². The maximum atomic E-state index is 10.0. The molecule has 0 atom stereocenters. The van der Waals surface area contributed by atoms with Crippen molar-refractivity contribution in [2.75, 3.05) is 11.9 Å². The summed E-state index contributed by atoms with van der Waals surface area (Å²) in [6, 6.07) is 16.3. The van der Waals surface area contributed by atoms with Crippen molar-refractivity contribution in [1.29, 1.82) is 0 Å². The van der Waals surface area contributed by atoms with E-state index in [0.29, 0.717) is 0 Å². The van der Waals surface area contributed by atoms with Crippen LogP contribution in [0.15, 0.2) is 72.1 Å². The van der Waals surface area contributed by atoms with Crippen molar-refractivity contribution < 1.29 is 61.5 Å². The third kappa shape index (κ3) is 4.54. The summed E-state index contributed by atoms with van der Waals surface area (Å²) in [6.07, 6.45) is 6.84. The predicted octanol–water partition coefficient (Wildman–Crippen LogP) is 0.967. The molecule has 26 heavy (non-hydrogen) atoms. The molecular weight excluding hydrogens is 351 g/mol. The topological polar surface area (TPSA) is 47.9 Å². The van der Waals surface area contributed by atoms with Crippen LogP contribution in [0.5, 0.6) is 0 Å². The van der Waals surface area contributed by atoms with Gasteiger partial charge in [0, 0.05) is 24.4 Å². The summed E-state index contributed by atoms with van der Waals surface area (Å²) < 4.78 is 0. The predicted molar refractivity (Wildman–Crippen MR) is 101 cm³/mol. The first-order valence-electron chi connectivity index (χ1n) is 8.17. The van der Waals surface area contributed by atoms with E-state index in [-0.39, 0.29) is 56.8 Å². The molecule has 0 saturated carbocycles. The van der Waals surface area contributed by atoms with E-state index >= 15 is 0 Å². The molecule has 0 amide bonds. The Kier molecular flexibility index (Phi) is 7.40. The Labute approximate surface area is 197 Å². The minimum absolute atomic E-state index is 0. The van der Waals surface area contributed by atoms with Gasteiger partial charge >= 0.3 is 51.4 Å². The van der Waals surface area contributed by atoms with Crippen LogP contribution in [-0.4, -0.2) is 12.8 Å². The van der Waals surface area contributed by atoms with Crippen molar-refractivity contribution in [3.05, 3.63) is 78.2 Å². The van der Waals surface area contributed by atoms with Crippen LogP contribution in [0.3, 0.4) is 0 Å². The van der Waals surface area contributed by atoms with Crippen LogP contribution in [0, 0.1) is 0 Å². The van der Waals surface area contributed by atoms with E-state index in [9.17, 15) is 5.26 Å². The molecule has 1 aliphatic heterocycles. The van der Waals surface area contributed by atoms with Gasteiger partial charge in [-0.3, -0.25) is 4.99 Å². The summed E-state index contributed by atoms with van der Waals surface area (Å²) >= 11 is 0. The zero-order chi connectivity index (χ0) is 17.9. The van der Waals surface area contributed by atoms with Gasteiger partial charge in [-0.2, -0.15) is 0 Å². The molecule has 0 saturated heterocycles. The number of anilines is 1. The van der Waals surface area contributed by atoms with Crippen molar-refractivity contribution in [2.24, 2.45) is 4.99 Å². The SMILES string of the molecule is CN(C=CO[O-])c1ccc(C=CC2=Nc3ccccc3C2(C)C)cc1.[K+]. The van der Waals surface area contributed by atoms with Crippen LogP contribution >= 0.6 is 0 Å². The van der Waals surface area contributed by atoms with Crippen LogP contribution in [0.2, 0.25) is 0 Å². The maximum Gasteiger partial charge on any atom is 1.00 e. The molecule has 2 aromatic rings. The number of nitrogens with zero attached hydrogens (tertiary/aromatic N) is 2. The fraction of sp³-hybridized carbons (Fsp3) is 0.190. The molecule has 5 heteroatoms. The van der Waals surface area contributed by atoms with E-state index < -0.39 is 0 Å². The van der Waals surface area contributed by atoms with Crippen LogP contribution in [0.4, 0.5) is 11.4 Å². The average molecular weight is 373 g/mol. The molecule has 0 radical (unpaired) electrons. The van der Waals surface area contributed by atoms with Gasteiger partial charge < -0.3 is 15.0 Å². The number of rotatable bonds is 5. The third-order valence-electron chi connectivity index (χ3n) is 4.53. The van der Waals surface area contributed by atoms with Gasteiger partial charge in [0.2, 0.25) is 0 Å². The molecule has 0 unspecified atom stereocenters. The number of para-hydroxylation sites is 1. The molecule has 2 aromatic carbocycles. The van der Waals surface area contributed by atoms with E-state index in [1.165, 1.54) is 5.56 Å². The Morgan fingerprint density at radius 3 is 2.38 bits per heavy atom. The van der Waals surface area contributed by atoms with Crippen LogP contribution in [0.25, 0.3) is 6.08 Å². The van der Waals surface area contributed by atoms with Crippen LogP contribution in [-0.2, 0) is 10.3 Å². The van der Waals surface area contributed by atoms with Crippen molar-refractivity contribution in [1.82, 2.24) is 0 Å². The summed E-state index contributed by atoms with van der Waals surface area (Å²) in [4.78, 5) is 10.3. The third-order valence-corrected chi connectivity index (χ3v) is 4.53. The second-order valence-corrected chi connectivity index (χ2v) is 6.56. The minimum Gasteiger partial charge on any atom is -0.664 e. The second kappa shape index (κ2) is 9.13. The Morgan fingerprint density at radius 2 is 1.73 bits per heavy atom. The molecule has 1 heterocycles. The first kappa shape index (κ1) is 21.1. The van der Waals surface area contributed by atoms with Gasteiger partial charge in [0.25, 0.3) is 0 Å². The number of fused-ring (bicyclic) bond motifs is 1. The molecular formula is C21H21KN2O2. The molecule has 0 aliphatic carbocycles. The molecule has 0 aromatic heterocycles. The standard InChI is InChI=1S/C21H22N2O2.K/c1-21(2)18-6-4-5-7-19(18)22-20(21)13-10-16-8-11-17(12-9-16)23(3)14-15-25-24;/h4-15,24H,1-3H3;/q;+1/p-1. The van der Waals surface area contributed by atoms with Crippen LogP contribution in [0.1, 0.15) is 25.0 Å². The molecule has 0 N–H and O–H groups in total. The average Bonchev–Trinajstić information content (AvgIpc) is 2.89. The second-order valence-electron chi connectivity index (χ2n) is 6.56. The van der Waals surface area contributed by atoms with E-state index in [1.54, 1.807) is 6.20 Å². The Bertz CT molecular complexity index is 839. The summed E-state index contributed by atoms with van der Waals surface area (Å²) in [5, 5.41) is 10.0. The van der Waals surface area contributed by atoms with Crippen molar-refractivity contribution in [3.8, 4) is 0 Å². The number of hydrogen-bond donors (Lipinski definition) is 0. The van der Waals surface area contributed by atoms with Gasteiger partial charge in [-0.25, -0.2) is 0 Å². The first-order chi connectivity index (χ1) is 12.0. The largest absolute Gasteiger partial charge is 1.00 e. The Balaban J connectivity index is 0.00000243. The van der Waals surface area contributed by atoms with Crippen molar-refractivity contribution in [3.63, 3.8) is 0 Å². The summed E-state index contributed by atoms with van der Waals surface area (Å²) in [5.74, 6) is 0. The summed E-state index contributed by atoms with van der Waals surface area (Å²) in [7, 11) is 1.85. The molecule has 1 aliphatic rings. The molecule has 4 nitrogen and oxygen atoms in total. The maximum absolute atomic E-state index is 10.0. The summed E-state index contributed by atoms with van der Waals surface area (Å²) in [6.45, 7) is 4.40. The van der Waals surface area contributed by atoms with Gasteiger partial charge in [0.05, 0.1) is 17.7 Å². The van der Waals surface area contributed by atoms with Gasteiger partial charge in [-0.15, -0.1) is 0 Å². The number of hydrogen-bond acceptors (Lipinski definition) is 4. The summed E-state index contributed by atoms with van der Waals surface area (Å²) in [5.41, 5.74) is 5.35. The zero-order valence-electron chi connectivity index (χ0n) is 15.6. The van der Waals surface area contributed by atoms with Gasteiger partial charge in [0.1, 0.15) is 0 Å². The van der Waals surface area contributed by atoms with E-state index in [0.717, 1.165) is 28.9 Å². The van der Waals surface area contributed by atoms with E-state index in [2.05, 4.69) is 49.1 Å². The number of benzene rings is 2. The fourth-order valence-electron chi connectivity index (χ4n) is 2.95. The van der Waals surface area contributed by atoms with Crippen molar-refractivity contribution >= 4 is 23.2 Å². The minimum atomic E-state index is -0.0869. The Morgan fingerprint density at radius 1 is 1.04 bits per heavy atom.